The van der Waals surface area contributed by atoms with E-state index in [1.165, 1.54) is 0 Å². The average Bonchev–Trinajstić information content (AvgIpc) is 2.86. The van der Waals surface area contributed by atoms with Gasteiger partial charge in [-0.05, 0) is 12.1 Å². The van der Waals surface area contributed by atoms with Crippen LogP contribution in [0.25, 0.3) is 11.3 Å². The number of carbonyl (C=O) groups excluding carboxylic acids is 1. The number of nitrogens with zero attached hydrogens (tertiary/aromatic N) is 2. The molecule has 1 amide bonds. The van der Waals surface area contributed by atoms with E-state index in [0.29, 0.717) is 12.8 Å². The predicted molar refractivity (Wildman–Crippen MR) is 64.2 cm³/mol. The highest BCUT2D eigenvalue weighted by molar-refractivity contribution is 5.75. The number of imidazole rings is 1. The monoisotopic (exact) mass is 230 g/mol. The predicted octanol–water partition coefficient (Wildman–Crippen LogP) is 1.15. The lowest BCUT2D eigenvalue weighted by molar-refractivity contribution is -0.120. The van der Waals surface area contributed by atoms with Gasteiger partial charge in [0.2, 0.25) is 5.91 Å². The maximum Gasteiger partial charge on any atom is 0.220 e. The molecule has 0 aliphatic carbocycles. The van der Waals surface area contributed by atoms with Crippen molar-refractivity contribution in [3.63, 3.8) is 0 Å². The van der Waals surface area contributed by atoms with Crippen molar-refractivity contribution >= 4 is 5.91 Å². The second-order valence-electron chi connectivity index (χ2n) is 3.65. The standard InChI is InChI=1S/C12H14N4O/c1-13-12(17)3-2-11-15-8-10(16-11)9-4-6-14-7-5-9/h4-8H,2-3H2,1H3,(H,13,17)(H,15,16). The molecule has 5 heteroatoms. The molecule has 0 fully saturated rings. The van der Waals surface area contributed by atoms with Gasteiger partial charge in [-0.1, -0.05) is 0 Å². The smallest absolute Gasteiger partial charge is 0.220 e. The van der Waals surface area contributed by atoms with Crippen LogP contribution in [-0.4, -0.2) is 27.9 Å². The van der Waals surface area contributed by atoms with E-state index in [2.05, 4.69) is 20.3 Å². The molecule has 88 valence electrons. The van der Waals surface area contributed by atoms with Gasteiger partial charge < -0.3 is 10.3 Å². The quantitative estimate of drug-likeness (QED) is 0.827. The Morgan fingerprint density at radius 3 is 2.88 bits per heavy atom. The Hall–Kier alpha value is -2.17. The molecule has 0 aliphatic heterocycles. The number of amides is 1. The first-order valence-electron chi connectivity index (χ1n) is 5.44. The summed E-state index contributed by atoms with van der Waals surface area (Å²) in [6.07, 6.45) is 6.31. The number of carbonyl (C=O) groups is 1. The van der Waals surface area contributed by atoms with E-state index in [1.807, 2.05) is 12.1 Å². The highest BCUT2D eigenvalue weighted by Gasteiger charge is 2.05. The molecule has 2 rings (SSSR count). The van der Waals surface area contributed by atoms with E-state index < -0.39 is 0 Å². The number of pyridine rings is 1. The SMILES string of the molecule is CNC(=O)CCc1ncc(-c2ccncc2)[nH]1. The normalized spacial score (nSPS) is 10.2. The van der Waals surface area contributed by atoms with Gasteiger partial charge in [0, 0.05) is 37.8 Å². The number of aryl methyl sites for hydroxylation is 1. The van der Waals surface area contributed by atoms with Crippen molar-refractivity contribution < 1.29 is 4.79 Å². The Labute approximate surface area is 99.3 Å². The Morgan fingerprint density at radius 1 is 1.41 bits per heavy atom. The van der Waals surface area contributed by atoms with Crippen LogP contribution in [0.4, 0.5) is 0 Å². The van der Waals surface area contributed by atoms with Crippen LogP contribution in [0.3, 0.4) is 0 Å². The topological polar surface area (TPSA) is 70.7 Å². The fourth-order valence-electron chi connectivity index (χ4n) is 1.52. The molecule has 0 spiro atoms. The number of hydrogen-bond acceptors (Lipinski definition) is 3. The zero-order chi connectivity index (χ0) is 12.1. The molecule has 2 N–H and O–H groups in total. The van der Waals surface area contributed by atoms with Crippen LogP contribution in [0, 0.1) is 0 Å². The highest BCUT2D eigenvalue weighted by atomic mass is 16.1. The lowest BCUT2D eigenvalue weighted by atomic mass is 10.2. The van der Waals surface area contributed by atoms with Crippen molar-refractivity contribution in [2.45, 2.75) is 12.8 Å². The summed E-state index contributed by atoms with van der Waals surface area (Å²) < 4.78 is 0. The van der Waals surface area contributed by atoms with Crippen LogP contribution in [0.15, 0.2) is 30.7 Å². The van der Waals surface area contributed by atoms with Crippen LogP contribution in [0.1, 0.15) is 12.2 Å². The van der Waals surface area contributed by atoms with Gasteiger partial charge in [0.1, 0.15) is 5.82 Å². The lowest BCUT2D eigenvalue weighted by Crippen LogP contribution is -2.18. The summed E-state index contributed by atoms with van der Waals surface area (Å²) in [5.74, 6) is 0.840. The molecule has 0 aliphatic rings. The van der Waals surface area contributed by atoms with Gasteiger partial charge in [-0.25, -0.2) is 4.98 Å². The molecule has 2 heterocycles. The van der Waals surface area contributed by atoms with Crippen molar-refractivity contribution in [1.82, 2.24) is 20.3 Å². The second-order valence-corrected chi connectivity index (χ2v) is 3.65. The lowest BCUT2D eigenvalue weighted by Gasteiger charge is -1.97. The first-order chi connectivity index (χ1) is 8.29. The molecule has 0 bridgehead atoms. The minimum atomic E-state index is 0.0202. The zero-order valence-corrected chi connectivity index (χ0v) is 9.60. The van der Waals surface area contributed by atoms with Crippen LogP contribution in [-0.2, 0) is 11.2 Å². The number of hydrogen-bond donors (Lipinski definition) is 2. The van der Waals surface area contributed by atoms with Gasteiger partial charge in [-0.15, -0.1) is 0 Å². The zero-order valence-electron chi connectivity index (χ0n) is 9.60. The molecule has 17 heavy (non-hydrogen) atoms. The summed E-state index contributed by atoms with van der Waals surface area (Å²) in [5.41, 5.74) is 1.98. The Morgan fingerprint density at radius 2 is 2.18 bits per heavy atom. The van der Waals surface area contributed by atoms with Crippen LogP contribution < -0.4 is 5.32 Å². The Bertz CT molecular complexity index is 492. The summed E-state index contributed by atoms with van der Waals surface area (Å²) >= 11 is 0. The third-order valence-electron chi connectivity index (χ3n) is 2.49. The summed E-state index contributed by atoms with van der Waals surface area (Å²) in [6, 6.07) is 3.83. The van der Waals surface area contributed by atoms with Crippen molar-refractivity contribution in [2.24, 2.45) is 0 Å². The summed E-state index contributed by atoms with van der Waals surface area (Å²) in [4.78, 5) is 22.5. The molecule has 0 saturated heterocycles. The molecular formula is C12H14N4O. The van der Waals surface area contributed by atoms with Gasteiger partial charge in [0.15, 0.2) is 0 Å². The van der Waals surface area contributed by atoms with Gasteiger partial charge in [0.25, 0.3) is 0 Å². The molecular weight excluding hydrogens is 216 g/mol. The number of nitrogens with one attached hydrogen (secondary N) is 2. The van der Waals surface area contributed by atoms with Gasteiger partial charge in [-0.2, -0.15) is 0 Å². The maximum atomic E-state index is 11.1. The summed E-state index contributed by atoms with van der Waals surface area (Å²) in [7, 11) is 1.63. The number of rotatable bonds is 4. The summed E-state index contributed by atoms with van der Waals surface area (Å²) in [5, 5.41) is 2.58. The second kappa shape index (κ2) is 5.25. The van der Waals surface area contributed by atoms with Gasteiger partial charge >= 0.3 is 0 Å². The molecule has 0 radical (unpaired) electrons. The van der Waals surface area contributed by atoms with Crippen molar-refractivity contribution in [2.75, 3.05) is 7.05 Å². The minimum absolute atomic E-state index is 0.0202. The van der Waals surface area contributed by atoms with E-state index in [4.69, 9.17) is 0 Å². The molecule has 0 saturated carbocycles. The van der Waals surface area contributed by atoms with Gasteiger partial charge in [-0.3, -0.25) is 9.78 Å². The largest absolute Gasteiger partial charge is 0.359 e. The number of H-pyrrole nitrogens is 1. The maximum absolute atomic E-state index is 11.1. The van der Waals surface area contributed by atoms with E-state index in [0.717, 1.165) is 17.1 Å². The van der Waals surface area contributed by atoms with E-state index in [1.54, 1.807) is 25.6 Å². The molecule has 2 aromatic rings. The van der Waals surface area contributed by atoms with Gasteiger partial charge in [0.05, 0.1) is 11.9 Å². The van der Waals surface area contributed by atoms with E-state index in [-0.39, 0.29) is 5.91 Å². The molecule has 0 atom stereocenters. The Kier molecular flexibility index (Phi) is 3.49. The van der Waals surface area contributed by atoms with Crippen molar-refractivity contribution in [1.29, 1.82) is 0 Å². The summed E-state index contributed by atoms with van der Waals surface area (Å²) in [6.45, 7) is 0. The third kappa shape index (κ3) is 2.90. The van der Waals surface area contributed by atoms with Crippen molar-refractivity contribution in [3.05, 3.63) is 36.5 Å². The fourth-order valence-corrected chi connectivity index (χ4v) is 1.52. The van der Waals surface area contributed by atoms with Crippen molar-refractivity contribution in [3.8, 4) is 11.3 Å². The van der Waals surface area contributed by atoms with Crippen LogP contribution in [0.2, 0.25) is 0 Å². The first kappa shape index (κ1) is 11.3. The molecule has 0 aromatic carbocycles. The number of aromatic amines is 1. The molecule has 2 aromatic heterocycles. The van der Waals surface area contributed by atoms with Crippen LogP contribution >= 0.6 is 0 Å². The Balaban J connectivity index is 2.04. The average molecular weight is 230 g/mol. The fraction of sp³-hybridized carbons (Fsp3) is 0.250. The van der Waals surface area contributed by atoms with E-state index in [9.17, 15) is 4.79 Å². The molecule has 5 nitrogen and oxygen atoms in total. The van der Waals surface area contributed by atoms with E-state index >= 15 is 0 Å². The number of aromatic nitrogens is 3. The third-order valence-corrected chi connectivity index (χ3v) is 2.49. The first-order valence-corrected chi connectivity index (χ1v) is 5.44. The van der Waals surface area contributed by atoms with Crippen LogP contribution in [0.5, 0.6) is 0 Å². The highest BCUT2D eigenvalue weighted by Crippen LogP contribution is 2.15. The molecule has 0 unspecified atom stereocenters. The minimum Gasteiger partial charge on any atom is -0.359 e.